The highest BCUT2D eigenvalue weighted by Crippen LogP contribution is 2.47. The van der Waals surface area contributed by atoms with Crippen molar-refractivity contribution in [2.75, 3.05) is 6.61 Å². The van der Waals surface area contributed by atoms with E-state index in [1.54, 1.807) is 6.92 Å². The summed E-state index contributed by atoms with van der Waals surface area (Å²) in [7, 11) is 0. The molecule has 1 unspecified atom stereocenters. The van der Waals surface area contributed by atoms with Crippen LogP contribution in [0.25, 0.3) is 22.2 Å². The Hall–Kier alpha value is -3.28. The maximum Gasteiger partial charge on any atom is 0.329 e. The monoisotopic (exact) mass is 488 g/mol. The topological polar surface area (TPSA) is 80.6 Å². The largest absolute Gasteiger partial charge is 0.491 e. The number of aromatic nitrogens is 1. The molecule has 1 aromatic heterocycles. The number of fused-ring (bicyclic) bond motifs is 5. The summed E-state index contributed by atoms with van der Waals surface area (Å²) in [6.07, 6.45) is 6.45. The van der Waals surface area contributed by atoms with Crippen molar-refractivity contribution in [1.29, 1.82) is 0 Å². The van der Waals surface area contributed by atoms with Crippen LogP contribution in [0.1, 0.15) is 81.1 Å². The second kappa shape index (κ2) is 9.64. The van der Waals surface area contributed by atoms with E-state index < -0.39 is 11.5 Å². The average molecular weight is 489 g/mol. The smallest absolute Gasteiger partial charge is 0.329 e. The Morgan fingerprint density at radius 2 is 1.89 bits per heavy atom. The van der Waals surface area contributed by atoms with Crippen LogP contribution in [-0.2, 0) is 11.3 Å². The Balaban J connectivity index is 1.63. The molecule has 0 bridgehead atoms. The number of aliphatic carboxylic acids is 1. The summed E-state index contributed by atoms with van der Waals surface area (Å²) in [5.74, 6) is 0.135. The van der Waals surface area contributed by atoms with E-state index in [1.165, 1.54) is 48.7 Å². The van der Waals surface area contributed by atoms with E-state index in [0.29, 0.717) is 31.1 Å². The molecule has 190 valence electrons. The van der Waals surface area contributed by atoms with Crippen molar-refractivity contribution in [3.63, 3.8) is 0 Å². The van der Waals surface area contributed by atoms with Crippen molar-refractivity contribution < 1.29 is 19.4 Å². The molecule has 6 heteroatoms. The van der Waals surface area contributed by atoms with Crippen LogP contribution in [0.2, 0.25) is 0 Å². The van der Waals surface area contributed by atoms with E-state index >= 15 is 0 Å². The Bertz CT molecular complexity index is 1300. The first kappa shape index (κ1) is 24.4. The number of hydrogen-bond donors (Lipinski definition) is 2. The lowest BCUT2D eigenvalue weighted by Gasteiger charge is -2.28. The number of carbonyl (C=O) groups excluding carboxylic acids is 1. The van der Waals surface area contributed by atoms with Crippen molar-refractivity contribution in [1.82, 2.24) is 9.88 Å². The predicted octanol–water partition coefficient (Wildman–Crippen LogP) is 6.37. The molecule has 0 radical (unpaired) electrons. The quantitative estimate of drug-likeness (QED) is 0.423. The van der Waals surface area contributed by atoms with E-state index in [4.69, 9.17) is 4.74 Å². The van der Waals surface area contributed by atoms with Gasteiger partial charge >= 0.3 is 5.97 Å². The Morgan fingerprint density at radius 3 is 2.61 bits per heavy atom. The average Bonchev–Trinajstić information content (AvgIpc) is 3.05. The van der Waals surface area contributed by atoms with Gasteiger partial charge in [0.15, 0.2) is 0 Å². The summed E-state index contributed by atoms with van der Waals surface area (Å²) in [5.41, 5.74) is 3.85. The molecule has 1 atom stereocenters. The number of carbonyl (C=O) groups is 2. The van der Waals surface area contributed by atoms with E-state index in [1.807, 2.05) is 38.1 Å². The van der Waals surface area contributed by atoms with E-state index in [2.05, 4.69) is 28.1 Å². The molecule has 0 saturated heterocycles. The zero-order chi connectivity index (χ0) is 25.4. The number of para-hydroxylation sites is 1. The summed E-state index contributed by atoms with van der Waals surface area (Å²) in [6, 6.07) is 14.1. The maximum atomic E-state index is 13.3. The highest BCUT2D eigenvalue weighted by Gasteiger charge is 2.36. The Kier molecular flexibility index (Phi) is 6.54. The molecule has 1 aliphatic heterocycles. The van der Waals surface area contributed by atoms with Crippen molar-refractivity contribution in [3.05, 3.63) is 53.6 Å². The summed E-state index contributed by atoms with van der Waals surface area (Å²) < 4.78 is 8.43. The molecule has 1 fully saturated rings. The molecule has 0 spiro atoms. The number of ether oxygens (including phenoxy) is 1. The van der Waals surface area contributed by atoms with Crippen molar-refractivity contribution in [3.8, 4) is 17.0 Å². The zero-order valence-electron chi connectivity index (χ0n) is 21.5. The van der Waals surface area contributed by atoms with Gasteiger partial charge in [-0.05, 0) is 67.9 Å². The SMILES string of the molecule is CC(C)CC(C)(NC(=O)c1ccc2c(C3CCCCC3)c3n(c2c1)CCOc1ccccc1-3)C(=O)O. The molecule has 2 aromatic carbocycles. The standard InChI is InChI=1S/C30H36N2O4/c1-19(2)18-30(3,29(34)35)31-28(33)21-13-14-22-24(17-21)32-15-16-36-25-12-8-7-11-23(25)27(32)26(22)20-9-5-4-6-10-20/h7-8,11-14,17,19-20H,4-6,9-10,15-16,18H2,1-3H3,(H,31,33)(H,34,35). The van der Waals surface area contributed by atoms with Crippen LogP contribution in [0.3, 0.4) is 0 Å². The Morgan fingerprint density at radius 1 is 1.14 bits per heavy atom. The van der Waals surface area contributed by atoms with Gasteiger partial charge in [0.05, 0.1) is 12.2 Å². The highest BCUT2D eigenvalue weighted by atomic mass is 16.5. The summed E-state index contributed by atoms with van der Waals surface area (Å²) >= 11 is 0. The van der Waals surface area contributed by atoms with Crippen LogP contribution in [0, 0.1) is 5.92 Å². The molecule has 36 heavy (non-hydrogen) atoms. The molecular formula is C30H36N2O4. The van der Waals surface area contributed by atoms with Crippen molar-refractivity contribution in [2.24, 2.45) is 5.92 Å². The maximum absolute atomic E-state index is 13.3. The highest BCUT2D eigenvalue weighted by molar-refractivity contribution is 6.02. The lowest BCUT2D eigenvalue weighted by molar-refractivity contribution is -0.144. The minimum absolute atomic E-state index is 0.133. The van der Waals surface area contributed by atoms with Crippen LogP contribution in [-0.4, -0.2) is 33.7 Å². The number of amides is 1. The van der Waals surface area contributed by atoms with E-state index in [0.717, 1.165) is 16.8 Å². The van der Waals surface area contributed by atoms with Gasteiger partial charge < -0.3 is 19.7 Å². The van der Waals surface area contributed by atoms with Gasteiger partial charge in [-0.1, -0.05) is 51.3 Å². The molecule has 5 rings (SSSR count). The normalized spacial score (nSPS) is 17.6. The van der Waals surface area contributed by atoms with Crippen LogP contribution in [0.4, 0.5) is 0 Å². The summed E-state index contributed by atoms with van der Waals surface area (Å²) in [5, 5.41) is 13.8. The first-order valence-corrected chi connectivity index (χ1v) is 13.2. The fourth-order valence-electron chi connectivity index (χ4n) is 6.21. The minimum atomic E-state index is -1.32. The molecule has 3 aromatic rings. The third-order valence-electron chi connectivity index (χ3n) is 7.77. The third kappa shape index (κ3) is 4.38. The first-order chi connectivity index (χ1) is 17.3. The number of nitrogens with one attached hydrogen (secondary N) is 1. The van der Waals surface area contributed by atoms with E-state index in [-0.39, 0.29) is 11.8 Å². The third-order valence-corrected chi connectivity index (χ3v) is 7.77. The van der Waals surface area contributed by atoms with Gasteiger partial charge in [-0.2, -0.15) is 0 Å². The van der Waals surface area contributed by atoms with Crippen LogP contribution >= 0.6 is 0 Å². The van der Waals surface area contributed by atoms with Gasteiger partial charge in [-0.25, -0.2) is 4.79 Å². The van der Waals surface area contributed by atoms with Crippen LogP contribution in [0.15, 0.2) is 42.5 Å². The van der Waals surface area contributed by atoms with Gasteiger partial charge in [-0.3, -0.25) is 4.79 Å². The molecular weight excluding hydrogens is 452 g/mol. The van der Waals surface area contributed by atoms with E-state index in [9.17, 15) is 14.7 Å². The zero-order valence-corrected chi connectivity index (χ0v) is 21.5. The van der Waals surface area contributed by atoms with Crippen molar-refractivity contribution >= 4 is 22.8 Å². The lowest BCUT2D eigenvalue weighted by Crippen LogP contribution is -2.53. The van der Waals surface area contributed by atoms with Gasteiger partial charge in [0, 0.05) is 22.0 Å². The number of nitrogens with zero attached hydrogens (tertiary/aromatic N) is 1. The first-order valence-electron chi connectivity index (χ1n) is 13.2. The van der Waals surface area contributed by atoms with Gasteiger partial charge in [0.25, 0.3) is 5.91 Å². The van der Waals surface area contributed by atoms with Gasteiger partial charge in [0.2, 0.25) is 0 Å². The second-order valence-corrected chi connectivity index (χ2v) is 11.0. The molecule has 1 aliphatic carbocycles. The molecule has 2 heterocycles. The summed E-state index contributed by atoms with van der Waals surface area (Å²) in [6.45, 7) is 6.76. The molecule has 2 aliphatic rings. The van der Waals surface area contributed by atoms with Gasteiger partial charge in [0.1, 0.15) is 17.9 Å². The fraction of sp³-hybridized carbons (Fsp3) is 0.467. The number of benzene rings is 2. The molecule has 6 nitrogen and oxygen atoms in total. The van der Waals surface area contributed by atoms with Crippen LogP contribution < -0.4 is 10.1 Å². The fourth-order valence-corrected chi connectivity index (χ4v) is 6.21. The molecule has 1 saturated carbocycles. The number of carboxylic acids is 1. The summed E-state index contributed by atoms with van der Waals surface area (Å²) in [4.78, 5) is 25.4. The second-order valence-electron chi connectivity index (χ2n) is 11.0. The lowest BCUT2D eigenvalue weighted by atomic mass is 9.81. The van der Waals surface area contributed by atoms with Gasteiger partial charge in [-0.15, -0.1) is 0 Å². The number of carboxylic acid groups (broad SMARTS) is 1. The predicted molar refractivity (Wildman–Crippen MR) is 142 cm³/mol. The number of rotatable bonds is 6. The molecule has 1 amide bonds. The Labute approximate surface area is 212 Å². The minimum Gasteiger partial charge on any atom is -0.491 e. The molecule has 2 N–H and O–H groups in total. The van der Waals surface area contributed by atoms with Crippen molar-refractivity contribution in [2.45, 2.75) is 77.3 Å². The van der Waals surface area contributed by atoms with Crippen LogP contribution in [0.5, 0.6) is 5.75 Å². The number of hydrogen-bond acceptors (Lipinski definition) is 3.